The minimum atomic E-state index is 0.910. The summed E-state index contributed by atoms with van der Waals surface area (Å²) in [5.74, 6) is 5.54. The fraction of sp³-hybridized carbons (Fsp3) is 1.00. The summed E-state index contributed by atoms with van der Waals surface area (Å²) in [6, 6.07) is 0. The highest BCUT2D eigenvalue weighted by Gasteiger charge is 2.39. The van der Waals surface area contributed by atoms with Gasteiger partial charge in [-0.05, 0) is 35.5 Å². The predicted octanol–water partition coefficient (Wildman–Crippen LogP) is 4.21. The first-order chi connectivity index (χ1) is 6.00. The van der Waals surface area contributed by atoms with Crippen LogP contribution in [0.2, 0.25) is 0 Å². The molecular weight excluding hydrogens is 156 g/mol. The number of rotatable bonds is 1. The predicted molar refractivity (Wildman–Crippen MR) is 59.6 cm³/mol. The van der Waals surface area contributed by atoms with Gasteiger partial charge in [-0.1, -0.05) is 48.0 Å². The van der Waals surface area contributed by atoms with E-state index in [0.717, 1.165) is 35.5 Å². The first-order valence-corrected chi connectivity index (χ1v) is 6.00. The van der Waals surface area contributed by atoms with E-state index in [2.05, 4.69) is 41.5 Å². The van der Waals surface area contributed by atoms with E-state index in [-0.39, 0.29) is 0 Å². The van der Waals surface area contributed by atoms with Crippen molar-refractivity contribution in [3.63, 3.8) is 0 Å². The first kappa shape index (κ1) is 11.1. The maximum Gasteiger partial charge on any atom is -0.0360 e. The highest BCUT2D eigenvalue weighted by Crippen LogP contribution is 2.46. The van der Waals surface area contributed by atoms with Crippen LogP contribution in [0.25, 0.3) is 0 Å². The van der Waals surface area contributed by atoms with Gasteiger partial charge in [0, 0.05) is 0 Å². The molecule has 0 aliphatic heterocycles. The smallest absolute Gasteiger partial charge is 0.0360 e. The third-order valence-electron chi connectivity index (χ3n) is 5.14. The molecule has 1 rings (SSSR count). The molecule has 78 valence electrons. The van der Waals surface area contributed by atoms with Crippen molar-refractivity contribution in [1.82, 2.24) is 0 Å². The van der Waals surface area contributed by atoms with Gasteiger partial charge < -0.3 is 0 Å². The highest BCUT2D eigenvalue weighted by atomic mass is 14.4. The fourth-order valence-corrected chi connectivity index (χ4v) is 3.44. The summed E-state index contributed by atoms with van der Waals surface area (Å²) in [5, 5.41) is 0. The lowest BCUT2D eigenvalue weighted by Gasteiger charge is -2.47. The molecule has 0 aromatic heterocycles. The Kier molecular flexibility index (Phi) is 3.43. The van der Waals surface area contributed by atoms with Crippen LogP contribution < -0.4 is 0 Å². The summed E-state index contributed by atoms with van der Waals surface area (Å²) < 4.78 is 0. The lowest BCUT2D eigenvalue weighted by atomic mass is 9.59. The van der Waals surface area contributed by atoms with Crippen LogP contribution in [0.5, 0.6) is 0 Å². The van der Waals surface area contributed by atoms with Crippen molar-refractivity contribution < 1.29 is 0 Å². The largest absolute Gasteiger partial charge is 0.0651 e. The zero-order valence-electron chi connectivity index (χ0n) is 10.2. The summed E-state index contributed by atoms with van der Waals surface area (Å²) in [6.45, 7) is 14.6. The molecule has 0 saturated heterocycles. The van der Waals surface area contributed by atoms with E-state index in [0.29, 0.717) is 0 Å². The maximum atomic E-state index is 2.46. The Morgan fingerprint density at radius 2 is 0.923 bits per heavy atom. The van der Waals surface area contributed by atoms with Gasteiger partial charge in [0.25, 0.3) is 0 Å². The summed E-state index contributed by atoms with van der Waals surface area (Å²) in [7, 11) is 0. The molecule has 0 aromatic rings. The summed E-state index contributed by atoms with van der Waals surface area (Å²) in [6.07, 6.45) is 1.36. The van der Waals surface area contributed by atoms with Crippen molar-refractivity contribution in [2.24, 2.45) is 35.5 Å². The van der Waals surface area contributed by atoms with Crippen LogP contribution in [0.1, 0.15) is 48.0 Å². The molecule has 0 heteroatoms. The second kappa shape index (κ2) is 4.02. The Morgan fingerprint density at radius 3 is 1.23 bits per heavy atom. The standard InChI is InChI=1S/C13H26/c1-7-13-11(5)9(3)8(2)10(4)12(13)6/h8-13H,7H2,1-6H3/t8?,9-,10?,11?,12?,13?/m1/s1. The Balaban J connectivity index is 2.79. The van der Waals surface area contributed by atoms with E-state index in [9.17, 15) is 0 Å². The second-order valence-corrected chi connectivity index (χ2v) is 5.37. The van der Waals surface area contributed by atoms with Crippen LogP contribution in [-0.2, 0) is 0 Å². The Hall–Kier alpha value is 0. The van der Waals surface area contributed by atoms with E-state index in [1.807, 2.05) is 0 Å². The van der Waals surface area contributed by atoms with Crippen LogP contribution >= 0.6 is 0 Å². The molecular formula is C13H26. The number of hydrogen-bond donors (Lipinski definition) is 0. The molecule has 0 heterocycles. The monoisotopic (exact) mass is 182 g/mol. The fourth-order valence-electron chi connectivity index (χ4n) is 3.44. The molecule has 0 amide bonds. The first-order valence-electron chi connectivity index (χ1n) is 6.00. The highest BCUT2D eigenvalue weighted by molar-refractivity contribution is 4.88. The molecule has 0 spiro atoms. The Bertz CT molecular complexity index is 145. The molecule has 0 radical (unpaired) electrons. The molecule has 5 unspecified atom stereocenters. The zero-order valence-corrected chi connectivity index (χ0v) is 10.2. The van der Waals surface area contributed by atoms with E-state index in [4.69, 9.17) is 0 Å². The van der Waals surface area contributed by atoms with E-state index in [1.165, 1.54) is 6.42 Å². The Labute approximate surface area is 84.1 Å². The van der Waals surface area contributed by atoms with E-state index < -0.39 is 0 Å². The molecule has 13 heavy (non-hydrogen) atoms. The molecule has 0 N–H and O–H groups in total. The third-order valence-corrected chi connectivity index (χ3v) is 5.14. The molecule has 6 atom stereocenters. The van der Waals surface area contributed by atoms with Crippen LogP contribution in [0.3, 0.4) is 0 Å². The van der Waals surface area contributed by atoms with E-state index >= 15 is 0 Å². The minimum absolute atomic E-state index is 0.910. The van der Waals surface area contributed by atoms with E-state index in [1.54, 1.807) is 0 Å². The van der Waals surface area contributed by atoms with Crippen molar-refractivity contribution in [2.75, 3.05) is 0 Å². The average molecular weight is 182 g/mol. The second-order valence-electron chi connectivity index (χ2n) is 5.37. The lowest BCUT2D eigenvalue weighted by molar-refractivity contribution is 0.0187. The molecule has 1 saturated carbocycles. The lowest BCUT2D eigenvalue weighted by Crippen LogP contribution is -2.40. The third kappa shape index (κ3) is 1.78. The molecule has 0 aromatic carbocycles. The van der Waals surface area contributed by atoms with Gasteiger partial charge in [-0.15, -0.1) is 0 Å². The molecule has 1 fully saturated rings. The van der Waals surface area contributed by atoms with Gasteiger partial charge in [0.1, 0.15) is 0 Å². The van der Waals surface area contributed by atoms with Gasteiger partial charge in [0.2, 0.25) is 0 Å². The van der Waals surface area contributed by atoms with Gasteiger partial charge in [0.05, 0.1) is 0 Å². The summed E-state index contributed by atoms with van der Waals surface area (Å²) in [5.41, 5.74) is 0. The molecule has 0 nitrogen and oxygen atoms in total. The summed E-state index contributed by atoms with van der Waals surface area (Å²) >= 11 is 0. The van der Waals surface area contributed by atoms with Crippen molar-refractivity contribution in [3.05, 3.63) is 0 Å². The molecule has 1 aliphatic rings. The maximum absolute atomic E-state index is 2.46. The Morgan fingerprint density at radius 1 is 0.615 bits per heavy atom. The zero-order chi connectivity index (χ0) is 10.2. The van der Waals surface area contributed by atoms with Gasteiger partial charge in [0.15, 0.2) is 0 Å². The molecule has 1 aliphatic carbocycles. The van der Waals surface area contributed by atoms with Crippen LogP contribution in [0.15, 0.2) is 0 Å². The average Bonchev–Trinajstić information content (AvgIpc) is 2.13. The van der Waals surface area contributed by atoms with Crippen molar-refractivity contribution in [3.8, 4) is 0 Å². The van der Waals surface area contributed by atoms with Gasteiger partial charge in [-0.2, -0.15) is 0 Å². The van der Waals surface area contributed by atoms with Crippen molar-refractivity contribution in [1.29, 1.82) is 0 Å². The quantitative estimate of drug-likeness (QED) is 0.570. The van der Waals surface area contributed by atoms with Crippen molar-refractivity contribution >= 4 is 0 Å². The van der Waals surface area contributed by atoms with Crippen molar-refractivity contribution in [2.45, 2.75) is 48.0 Å². The van der Waals surface area contributed by atoms with Crippen LogP contribution in [0, 0.1) is 35.5 Å². The minimum Gasteiger partial charge on any atom is -0.0651 e. The normalized spacial score (nSPS) is 52.2. The summed E-state index contributed by atoms with van der Waals surface area (Å²) in [4.78, 5) is 0. The molecule has 0 bridgehead atoms. The van der Waals surface area contributed by atoms with Crippen LogP contribution in [-0.4, -0.2) is 0 Å². The topological polar surface area (TPSA) is 0 Å². The number of hydrogen-bond acceptors (Lipinski definition) is 0. The van der Waals surface area contributed by atoms with Gasteiger partial charge in [-0.3, -0.25) is 0 Å². The van der Waals surface area contributed by atoms with Crippen LogP contribution in [0.4, 0.5) is 0 Å². The van der Waals surface area contributed by atoms with Gasteiger partial charge in [-0.25, -0.2) is 0 Å². The van der Waals surface area contributed by atoms with Gasteiger partial charge >= 0.3 is 0 Å². The SMILES string of the molecule is CCC1C(C)C(C)C(C)[C@@H](C)C1C.